The molecule has 25 nitrogen and oxygen atoms in total. The molecule has 4 amide bonds. The van der Waals surface area contributed by atoms with Gasteiger partial charge in [-0.2, -0.15) is 0 Å². The van der Waals surface area contributed by atoms with Crippen molar-refractivity contribution >= 4 is 51.4 Å². The van der Waals surface area contributed by atoms with Gasteiger partial charge in [0.1, 0.15) is 61.8 Å². The number of amides is 4. The number of carbonyl (C=O) groups excluding carboxylic acids is 6. The molecule has 0 fully saturated rings. The van der Waals surface area contributed by atoms with E-state index in [0.717, 1.165) is 56.6 Å². The van der Waals surface area contributed by atoms with E-state index >= 15 is 14.2 Å². The Morgan fingerprint density at radius 2 is 0.784 bits per heavy atom. The average molecular weight is 1920 g/mol. The van der Waals surface area contributed by atoms with E-state index in [1.807, 2.05) is 97.1 Å². The predicted octanol–water partition coefficient (Wildman–Crippen LogP) is 9.65. The number of carbonyl (C=O) groups is 6. The van der Waals surface area contributed by atoms with Gasteiger partial charge in [0.15, 0.2) is 5.78 Å². The SMILES string of the molecule is NCCOCCOCCOCCC(=O)NC(COC(=O)OCC1c2ccccc2-c2ccccc21)C(=O)NC(COC(=O)OCC1c2ccccc2-c2ccccc21)C(=O)NC(Cc1ccccc1)C(=O)NC(c1ccc(OP(=O)(O)O)cc1)P(=O)(Oc1ccccc1)Oc1ccccc1.[Fm].[Fm]. The van der Waals surface area contributed by atoms with Gasteiger partial charge in [-0.3, -0.25) is 29.0 Å². The van der Waals surface area contributed by atoms with E-state index in [0.29, 0.717) is 25.3 Å². The van der Waals surface area contributed by atoms with Crippen molar-refractivity contribution in [2.75, 3.05) is 72.6 Å². The Morgan fingerprint density at radius 3 is 1.23 bits per heavy atom. The zero-order chi connectivity index (χ0) is 70.3. The topological polar surface area (TPSA) is 343 Å². The number of nitrogens with two attached hydrogens (primary N) is 1. The van der Waals surface area contributed by atoms with Gasteiger partial charge in [0, 0.05) is 31.2 Å². The minimum absolute atomic E-state index is 0. The van der Waals surface area contributed by atoms with Crippen LogP contribution in [-0.2, 0) is 67.9 Å². The first-order valence-electron chi connectivity index (χ1n) is 32.1. The number of hydrogen-bond acceptors (Lipinski definition) is 19. The monoisotopic (exact) mass is 1920 g/mol. The van der Waals surface area contributed by atoms with E-state index < -0.39 is 94.4 Å². The molecule has 0 aliphatic heterocycles. The molecule has 8 aromatic carbocycles. The van der Waals surface area contributed by atoms with E-state index in [2.05, 4.69) is 21.3 Å². The summed E-state index contributed by atoms with van der Waals surface area (Å²) in [6.45, 7) is -0.750. The van der Waals surface area contributed by atoms with Crippen molar-refractivity contribution in [3.05, 3.63) is 246 Å². The molecule has 0 saturated carbocycles. The summed E-state index contributed by atoms with van der Waals surface area (Å²) in [5.74, 6) is -6.88. The molecule has 0 spiro atoms. The molecule has 0 heterocycles. The largest absolute Gasteiger partial charge is 0.524 e. The second-order valence-corrected chi connectivity index (χ2v) is 26.0. The van der Waals surface area contributed by atoms with E-state index in [1.165, 1.54) is 36.4 Å². The van der Waals surface area contributed by atoms with E-state index in [1.54, 1.807) is 66.7 Å². The third-order valence-electron chi connectivity index (χ3n) is 16.0. The van der Waals surface area contributed by atoms with E-state index in [-0.39, 0.29) is 81.2 Å². The van der Waals surface area contributed by atoms with Crippen LogP contribution in [-0.4, -0.2) is 136 Å². The standard InChI is InChI=1S/C73H75N5O20P2.2Fm/c74-37-39-90-41-43-91-42-40-89-38-36-67(79)75-65(47-94-72(83)92-45-62-58-28-14-10-24-54(58)55-25-11-15-29-59(55)62)69(81)77-66(48-95-73(84)93-46-63-60-30-16-12-26-56(60)57-27-13-17-31-61(57)63)70(82)76-64(44-49-18-4-1-5-19-49)68(80)78-71(50-32-34-53(35-33-50)98-100(86,87)88)99(85,96-51-20-6-2-7-21-51)97-52-22-8-3-9-23-52;;/h1-35,62-66,71H,36-48,74H2,(H,75,79)(H,76,82)(H,77,81)(H,78,80)(H2,86,87,88);;. The molecule has 4 atom stereocenters. The molecule has 0 saturated heterocycles. The van der Waals surface area contributed by atoms with Crippen molar-refractivity contribution in [2.24, 2.45) is 5.73 Å². The third kappa shape index (κ3) is 20.7. The Labute approximate surface area is 576 Å². The zero-order valence-corrected chi connectivity index (χ0v) is 61.3. The van der Waals surface area contributed by atoms with Gasteiger partial charge in [-0.25, -0.2) is 18.7 Å². The number of nitrogens with one attached hydrogen (secondary N) is 4. The van der Waals surface area contributed by atoms with Crippen LogP contribution in [0.3, 0.4) is 0 Å². The normalized spacial score (nSPS) is 13.2. The third-order valence-corrected chi connectivity index (χ3v) is 18.5. The number of para-hydroxylation sites is 2. The van der Waals surface area contributed by atoms with Crippen LogP contribution in [0.15, 0.2) is 212 Å². The summed E-state index contributed by atoms with van der Waals surface area (Å²) < 4.78 is 84.0. The maximum absolute atomic E-state index is 15.8. The Kier molecular flexibility index (Phi) is 27.1. The number of phosphoric ester groups is 1. The average Bonchev–Trinajstić information content (AvgIpc) is 1.63. The second-order valence-electron chi connectivity index (χ2n) is 22.9. The molecule has 0 bridgehead atoms. The van der Waals surface area contributed by atoms with Crippen molar-refractivity contribution in [1.82, 2.24) is 21.3 Å². The summed E-state index contributed by atoms with van der Waals surface area (Å²) in [6.07, 6.45) is -3.06. The summed E-state index contributed by atoms with van der Waals surface area (Å²) in [7, 11) is -9.91. The summed E-state index contributed by atoms with van der Waals surface area (Å²) in [5, 5.41) is 10.5. The maximum Gasteiger partial charge on any atom is 0.524 e. The Morgan fingerprint density at radius 1 is 0.412 bits per heavy atom. The molecule has 29 heteroatoms. The van der Waals surface area contributed by atoms with Gasteiger partial charge in [0.25, 0.3) is 0 Å². The molecular formula is C73H75Fm2N5O20P2. The van der Waals surface area contributed by atoms with E-state index in [9.17, 15) is 33.5 Å². The fraction of sp³-hybridized carbons (Fsp3) is 0.260. The fourth-order valence-electron chi connectivity index (χ4n) is 11.4. The molecule has 8 N–H and O–H groups in total. The van der Waals surface area contributed by atoms with Gasteiger partial charge in [-0.05, 0) is 92.0 Å². The van der Waals surface area contributed by atoms with Crippen molar-refractivity contribution in [1.29, 1.82) is 0 Å². The van der Waals surface area contributed by atoms with Gasteiger partial charge in [-0.1, -0.05) is 176 Å². The summed E-state index contributed by atoms with van der Waals surface area (Å²) in [4.78, 5) is 106. The van der Waals surface area contributed by atoms with Crippen molar-refractivity contribution in [2.45, 2.75) is 48.6 Å². The van der Waals surface area contributed by atoms with Gasteiger partial charge in [0.05, 0.1) is 39.6 Å². The molecule has 8 aromatic rings. The van der Waals surface area contributed by atoms with Crippen LogP contribution in [0.1, 0.15) is 57.4 Å². The Hall–Kier alpha value is -12.2. The second kappa shape index (κ2) is 36.6. The van der Waals surface area contributed by atoms with Crippen LogP contribution >= 0.6 is 15.4 Å². The van der Waals surface area contributed by atoms with Crippen molar-refractivity contribution in [3.63, 3.8) is 0 Å². The molecule has 0 aromatic heterocycles. The summed E-state index contributed by atoms with van der Waals surface area (Å²) in [5.41, 5.74) is 13.4. The van der Waals surface area contributed by atoms with Gasteiger partial charge >= 0.3 is 27.7 Å². The van der Waals surface area contributed by atoms with Crippen molar-refractivity contribution in [3.8, 4) is 39.5 Å². The molecule has 102 heavy (non-hydrogen) atoms. The van der Waals surface area contributed by atoms with E-state index in [4.69, 9.17) is 52.5 Å². The predicted molar refractivity (Wildman–Crippen MR) is 366 cm³/mol. The number of fused-ring (bicyclic) bond motifs is 6. The number of benzene rings is 8. The van der Waals surface area contributed by atoms with Crippen LogP contribution in [0.2, 0.25) is 0 Å². The van der Waals surface area contributed by atoms with Crippen LogP contribution < -0.4 is 40.6 Å². The van der Waals surface area contributed by atoms with Gasteiger partial charge < -0.3 is 73.7 Å². The number of ether oxygens (including phenoxy) is 7. The number of rotatable bonds is 36. The zero-order valence-electron chi connectivity index (χ0n) is 54.7. The first-order chi connectivity index (χ1) is 48.5. The molecule has 0 radical (unpaired) electrons. The molecule has 2 aliphatic rings. The first-order valence-corrected chi connectivity index (χ1v) is 35.2. The Bertz CT molecular complexity index is 4050. The smallest absolute Gasteiger partial charge is 0.433 e. The van der Waals surface area contributed by atoms with Gasteiger partial charge in [-0.15, -0.1) is 0 Å². The Balaban J connectivity index is 0.00000660. The van der Waals surface area contributed by atoms with Crippen LogP contribution in [0.4, 0.5) is 9.59 Å². The maximum atomic E-state index is 15.8. The minimum atomic E-state index is -5.08. The fourth-order valence-corrected chi connectivity index (χ4v) is 13.7. The van der Waals surface area contributed by atoms with Crippen LogP contribution in [0, 0.1) is 0 Å². The molecule has 4 unspecified atom stereocenters. The molecule has 546 valence electrons. The van der Waals surface area contributed by atoms with Crippen LogP contribution in [0.5, 0.6) is 17.2 Å². The quantitative estimate of drug-likeness (QED) is 0.0109. The summed E-state index contributed by atoms with van der Waals surface area (Å²) in [6, 6.07) is 54.2. The number of phosphoric acid groups is 1. The molecular weight excluding hydrogens is 1840 g/mol. The molecule has 2 aliphatic carbocycles. The van der Waals surface area contributed by atoms with Gasteiger partial charge in [0.2, 0.25) is 23.6 Å². The molecule has 10 rings (SSSR count). The minimum Gasteiger partial charge on any atom is -0.433 e. The number of hydrogen-bond donors (Lipinski definition) is 7. The first kappa shape index (κ1) is 75.6. The van der Waals surface area contributed by atoms with Crippen LogP contribution in [0.25, 0.3) is 22.3 Å². The van der Waals surface area contributed by atoms with Crippen molar-refractivity contribution < 1.29 is 94.4 Å². The summed E-state index contributed by atoms with van der Waals surface area (Å²) >= 11 is 0.